The fraction of sp³-hybridized carbons (Fsp3) is 0.538. The van der Waals surface area contributed by atoms with Crippen molar-refractivity contribution >= 4 is 26.9 Å². The van der Waals surface area contributed by atoms with E-state index in [9.17, 15) is 4.21 Å². The molecule has 0 fully saturated rings. The minimum Gasteiger partial charge on any atom is -0.493 e. The first-order valence-corrected chi connectivity index (χ1v) is 7.92. The zero-order valence-corrected chi connectivity index (χ0v) is 13.2. The summed E-state index contributed by atoms with van der Waals surface area (Å²) in [6, 6.07) is 6.03. The third-order valence-corrected chi connectivity index (χ3v) is 4.92. The van der Waals surface area contributed by atoms with E-state index < -0.39 is 11.0 Å². The molecule has 3 nitrogen and oxygen atoms in total. The molecule has 2 rings (SSSR count). The highest BCUT2D eigenvalue weighted by Gasteiger charge is 2.27. The molecule has 0 spiro atoms. The van der Waals surface area contributed by atoms with Crippen molar-refractivity contribution in [3.8, 4) is 5.75 Å². The smallest absolute Gasteiger partial charge is 0.124 e. The van der Waals surface area contributed by atoms with E-state index in [2.05, 4.69) is 20.7 Å². The van der Waals surface area contributed by atoms with Crippen molar-refractivity contribution in [2.75, 3.05) is 6.61 Å². The lowest BCUT2D eigenvalue weighted by Crippen LogP contribution is -2.37. The Bertz CT molecular complexity index is 471. The van der Waals surface area contributed by atoms with Gasteiger partial charge in [-0.05, 0) is 39.0 Å². The first-order valence-electron chi connectivity index (χ1n) is 5.98. The van der Waals surface area contributed by atoms with Gasteiger partial charge in [0.15, 0.2) is 0 Å². The van der Waals surface area contributed by atoms with E-state index >= 15 is 0 Å². The van der Waals surface area contributed by atoms with Gasteiger partial charge >= 0.3 is 0 Å². The van der Waals surface area contributed by atoms with Crippen molar-refractivity contribution in [3.63, 3.8) is 0 Å². The van der Waals surface area contributed by atoms with Crippen molar-refractivity contribution < 1.29 is 8.95 Å². The van der Waals surface area contributed by atoms with Gasteiger partial charge in [0.1, 0.15) is 5.75 Å². The Morgan fingerprint density at radius 3 is 2.83 bits per heavy atom. The van der Waals surface area contributed by atoms with Gasteiger partial charge in [-0.25, -0.2) is 8.93 Å². The number of hydrogen-bond donors (Lipinski definition) is 1. The van der Waals surface area contributed by atoms with Gasteiger partial charge in [-0.3, -0.25) is 0 Å². The second-order valence-electron chi connectivity index (χ2n) is 5.37. The number of rotatable bonds is 2. The van der Waals surface area contributed by atoms with Crippen molar-refractivity contribution in [2.24, 2.45) is 0 Å². The van der Waals surface area contributed by atoms with E-state index in [1.807, 2.05) is 39.0 Å². The van der Waals surface area contributed by atoms with E-state index in [0.29, 0.717) is 6.61 Å². The van der Waals surface area contributed by atoms with E-state index in [4.69, 9.17) is 4.74 Å². The molecule has 0 saturated carbocycles. The second kappa shape index (κ2) is 5.31. The molecular formula is C13H18BrNO2S. The van der Waals surface area contributed by atoms with Crippen LogP contribution in [0.3, 0.4) is 0 Å². The van der Waals surface area contributed by atoms with Crippen LogP contribution in [0.2, 0.25) is 0 Å². The van der Waals surface area contributed by atoms with Crippen LogP contribution in [0.5, 0.6) is 5.75 Å². The molecule has 0 radical (unpaired) electrons. The molecule has 100 valence electrons. The Balaban J connectivity index is 2.22. The Morgan fingerprint density at radius 2 is 2.17 bits per heavy atom. The van der Waals surface area contributed by atoms with E-state index in [-0.39, 0.29) is 10.8 Å². The molecule has 1 aliphatic rings. The summed E-state index contributed by atoms with van der Waals surface area (Å²) in [6.45, 7) is 6.57. The number of benzene rings is 1. The maximum atomic E-state index is 12.2. The molecule has 0 saturated heterocycles. The number of fused-ring (bicyclic) bond motifs is 1. The molecule has 0 aliphatic carbocycles. The molecule has 0 unspecified atom stereocenters. The van der Waals surface area contributed by atoms with Crippen LogP contribution in [-0.2, 0) is 11.0 Å². The maximum absolute atomic E-state index is 12.2. The summed E-state index contributed by atoms with van der Waals surface area (Å²) in [7, 11) is -1.07. The highest BCUT2D eigenvalue weighted by Crippen LogP contribution is 2.34. The highest BCUT2D eigenvalue weighted by molar-refractivity contribution is 9.10. The number of ether oxygens (including phenoxy) is 1. The second-order valence-corrected chi connectivity index (χ2v) is 8.28. The van der Waals surface area contributed by atoms with Crippen LogP contribution in [0.25, 0.3) is 0 Å². The average Bonchev–Trinajstić information content (AvgIpc) is 2.28. The quantitative estimate of drug-likeness (QED) is 0.902. The van der Waals surface area contributed by atoms with Crippen LogP contribution in [0.4, 0.5) is 0 Å². The lowest BCUT2D eigenvalue weighted by atomic mass is 10.0. The maximum Gasteiger partial charge on any atom is 0.124 e. The van der Waals surface area contributed by atoms with Crippen molar-refractivity contribution in [1.29, 1.82) is 0 Å². The van der Waals surface area contributed by atoms with Gasteiger partial charge in [0.05, 0.1) is 28.4 Å². The summed E-state index contributed by atoms with van der Waals surface area (Å²) >= 11 is 3.46. The lowest BCUT2D eigenvalue weighted by Gasteiger charge is -2.29. The minimum atomic E-state index is -1.07. The molecule has 0 aromatic heterocycles. The molecule has 1 N–H and O–H groups in total. The van der Waals surface area contributed by atoms with Crippen molar-refractivity contribution in [2.45, 2.75) is 38.0 Å². The van der Waals surface area contributed by atoms with Crippen LogP contribution in [-0.4, -0.2) is 15.6 Å². The predicted molar refractivity (Wildman–Crippen MR) is 78.0 cm³/mol. The van der Waals surface area contributed by atoms with Crippen LogP contribution in [0, 0.1) is 0 Å². The Labute approximate surface area is 119 Å². The molecule has 0 bridgehead atoms. The molecule has 0 amide bonds. The number of halogens is 1. The van der Waals surface area contributed by atoms with Gasteiger partial charge < -0.3 is 4.74 Å². The van der Waals surface area contributed by atoms with Gasteiger partial charge in [0.2, 0.25) is 0 Å². The number of nitrogens with one attached hydrogen (secondary N) is 1. The zero-order chi connectivity index (χ0) is 13.3. The largest absolute Gasteiger partial charge is 0.493 e. The van der Waals surface area contributed by atoms with Gasteiger partial charge in [0.25, 0.3) is 0 Å². The average molecular weight is 332 g/mol. The van der Waals surface area contributed by atoms with Crippen LogP contribution in [0.1, 0.15) is 38.8 Å². The summed E-state index contributed by atoms with van der Waals surface area (Å²) in [5.74, 6) is 0.882. The van der Waals surface area contributed by atoms with E-state index in [0.717, 1.165) is 22.2 Å². The molecule has 1 aliphatic heterocycles. The summed E-state index contributed by atoms with van der Waals surface area (Å²) in [5, 5.41) is 0. The fourth-order valence-corrected chi connectivity index (χ4v) is 3.03. The van der Waals surface area contributed by atoms with Gasteiger partial charge in [-0.15, -0.1) is 0 Å². The lowest BCUT2D eigenvalue weighted by molar-refractivity contribution is 0.263. The fourth-order valence-electron chi connectivity index (χ4n) is 1.79. The summed E-state index contributed by atoms with van der Waals surface area (Å²) in [6.07, 6.45) is 0.839. The minimum absolute atomic E-state index is 0.0892. The van der Waals surface area contributed by atoms with Crippen molar-refractivity contribution in [1.82, 2.24) is 4.72 Å². The Hall–Kier alpha value is -0.390. The summed E-state index contributed by atoms with van der Waals surface area (Å²) < 4.78 is 21.8. The van der Waals surface area contributed by atoms with E-state index in [1.54, 1.807) is 0 Å². The molecule has 18 heavy (non-hydrogen) atoms. The van der Waals surface area contributed by atoms with E-state index in [1.165, 1.54) is 0 Å². The summed E-state index contributed by atoms with van der Waals surface area (Å²) in [5.41, 5.74) is 1.08. The number of hydrogen-bond acceptors (Lipinski definition) is 2. The van der Waals surface area contributed by atoms with Crippen LogP contribution in [0.15, 0.2) is 22.7 Å². The Morgan fingerprint density at radius 1 is 1.44 bits per heavy atom. The monoisotopic (exact) mass is 331 g/mol. The summed E-state index contributed by atoms with van der Waals surface area (Å²) in [4.78, 5) is 0. The van der Waals surface area contributed by atoms with Crippen LogP contribution < -0.4 is 9.46 Å². The molecule has 1 heterocycles. The Kier molecular flexibility index (Phi) is 4.14. The van der Waals surface area contributed by atoms with Crippen molar-refractivity contribution in [3.05, 3.63) is 28.2 Å². The SMILES string of the molecule is CC(C)(C)[S@@](=O)N[C@@H]1CCOc2ccc(Br)cc21. The molecule has 5 heteroatoms. The van der Waals surface area contributed by atoms with Gasteiger partial charge in [0, 0.05) is 16.5 Å². The highest BCUT2D eigenvalue weighted by atomic mass is 79.9. The molecule has 1 aromatic rings. The molecular weight excluding hydrogens is 314 g/mol. The normalized spacial score (nSPS) is 21.0. The zero-order valence-electron chi connectivity index (χ0n) is 10.8. The van der Waals surface area contributed by atoms with Gasteiger partial charge in [-0.2, -0.15) is 0 Å². The van der Waals surface area contributed by atoms with Gasteiger partial charge in [-0.1, -0.05) is 15.9 Å². The third kappa shape index (κ3) is 3.13. The first-order chi connectivity index (χ1) is 8.38. The van der Waals surface area contributed by atoms with Crippen LogP contribution >= 0.6 is 15.9 Å². The molecule has 1 aromatic carbocycles. The molecule has 2 atom stereocenters. The third-order valence-electron chi connectivity index (χ3n) is 2.82. The topological polar surface area (TPSA) is 38.3 Å². The first kappa shape index (κ1) is 14.0. The predicted octanol–water partition coefficient (Wildman–Crippen LogP) is 3.32. The standard InChI is InChI=1S/C13H18BrNO2S/c1-13(2,3)18(16)15-11-6-7-17-12-5-4-9(14)8-10(11)12/h4-5,8,11,15H,6-7H2,1-3H3/t11-,18-/m1/s1.